The van der Waals surface area contributed by atoms with E-state index in [2.05, 4.69) is 0 Å². The molecule has 0 aromatic heterocycles. The van der Waals surface area contributed by atoms with Gasteiger partial charge in [-0.15, -0.1) is 0 Å². The number of fused-ring (bicyclic) bond motifs is 1. The van der Waals surface area contributed by atoms with Crippen LogP contribution in [0.15, 0.2) is 83.5 Å². The second-order valence-electron chi connectivity index (χ2n) is 8.96. The fraction of sp³-hybridized carbons (Fsp3) is 0.185. The van der Waals surface area contributed by atoms with Crippen LogP contribution in [0.5, 0.6) is 0 Å². The topological polar surface area (TPSA) is 119 Å². The lowest BCUT2D eigenvalue weighted by Crippen LogP contribution is -2.32. The Morgan fingerprint density at radius 3 is 2.41 bits per heavy atom. The van der Waals surface area contributed by atoms with Gasteiger partial charge in [0.15, 0.2) is 0 Å². The van der Waals surface area contributed by atoms with Crippen molar-refractivity contribution < 1.29 is 14.6 Å². The highest BCUT2D eigenvalue weighted by atomic mass is 35.5. The summed E-state index contributed by atoms with van der Waals surface area (Å²) in [5, 5.41) is 29.3. The predicted molar refractivity (Wildman–Crippen MR) is 139 cm³/mol. The number of amides is 1. The number of nitro benzene ring substituents is 2. The Labute approximate surface area is 217 Å². The molecule has 3 aromatic rings. The molecule has 0 radical (unpaired) electrons. The summed E-state index contributed by atoms with van der Waals surface area (Å²) in [5.74, 6) is -0.556. The van der Waals surface area contributed by atoms with Crippen molar-refractivity contribution in [3.63, 3.8) is 0 Å². The Morgan fingerprint density at radius 2 is 1.68 bits per heavy atom. The fourth-order valence-electron chi connectivity index (χ4n) is 5.01. The number of hydrazone groups is 1. The number of carbonyl (C=O) groups excluding carboxylic acids is 1. The van der Waals surface area contributed by atoms with Crippen molar-refractivity contribution in [2.45, 2.75) is 25.3 Å². The largest absolute Gasteiger partial charge is 0.274 e. The van der Waals surface area contributed by atoms with E-state index >= 15 is 0 Å². The third kappa shape index (κ3) is 4.85. The summed E-state index contributed by atoms with van der Waals surface area (Å²) < 4.78 is 0. The second-order valence-corrected chi connectivity index (χ2v) is 9.40. The van der Waals surface area contributed by atoms with E-state index in [9.17, 15) is 25.0 Å². The molecule has 10 heteroatoms. The van der Waals surface area contributed by atoms with E-state index in [4.69, 9.17) is 16.7 Å². The number of halogens is 1. The summed E-state index contributed by atoms with van der Waals surface area (Å²) in [7, 11) is 0. The SMILES string of the molecule is O=C(c1cccc(Cl)c1)N1N=C2/C(=C/c3cccc([N+](=O)[O-])c3)CCC[C@@H]2[C@@H]1c1cccc([N+](=O)[O-])c1. The first-order valence-corrected chi connectivity index (χ1v) is 12.1. The minimum absolute atomic E-state index is 0.0118. The van der Waals surface area contributed by atoms with Crippen LogP contribution in [0, 0.1) is 26.1 Å². The van der Waals surface area contributed by atoms with Gasteiger partial charge in [-0.2, -0.15) is 5.10 Å². The number of nitro groups is 2. The Bertz CT molecular complexity index is 1480. The third-order valence-electron chi connectivity index (χ3n) is 6.63. The minimum atomic E-state index is -0.546. The fourth-order valence-corrected chi connectivity index (χ4v) is 5.20. The summed E-state index contributed by atoms with van der Waals surface area (Å²) in [5.41, 5.74) is 3.16. The Hall–Kier alpha value is -4.37. The van der Waals surface area contributed by atoms with Crippen LogP contribution in [0.4, 0.5) is 11.4 Å². The molecule has 2 aliphatic rings. The van der Waals surface area contributed by atoms with E-state index in [1.54, 1.807) is 48.5 Å². The smallest absolute Gasteiger partial charge is 0.267 e. The molecular formula is C27H21ClN4O5. The lowest BCUT2D eigenvalue weighted by atomic mass is 9.77. The van der Waals surface area contributed by atoms with Gasteiger partial charge in [-0.1, -0.05) is 41.9 Å². The summed E-state index contributed by atoms with van der Waals surface area (Å²) in [4.78, 5) is 35.5. The number of hydrogen-bond donors (Lipinski definition) is 0. The normalized spacial score (nSPS) is 19.9. The predicted octanol–water partition coefficient (Wildman–Crippen LogP) is 6.59. The number of non-ortho nitro benzene ring substituents is 2. The molecule has 1 aliphatic carbocycles. The molecule has 0 N–H and O–H groups in total. The number of benzene rings is 3. The van der Waals surface area contributed by atoms with E-state index in [1.165, 1.54) is 29.3 Å². The van der Waals surface area contributed by atoms with Gasteiger partial charge in [-0.25, -0.2) is 5.01 Å². The van der Waals surface area contributed by atoms with Crippen molar-refractivity contribution in [1.82, 2.24) is 5.01 Å². The van der Waals surface area contributed by atoms with Crippen LogP contribution in [0.2, 0.25) is 5.02 Å². The van der Waals surface area contributed by atoms with Gasteiger partial charge in [-0.05, 0) is 60.2 Å². The molecule has 3 aromatic carbocycles. The molecule has 9 nitrogen and oxygen atoms in total. The zero-order valence-corrected chi connectivity index (χ0v) is 20.2. The van der Waals surface area contributed by atoms with Crippen molar-refractivity contribution in [3.05, 3.63) is 120 Å². The molecule has 1 amide bonds. The van der Waals surface area contributed by atoms with Gasteiger partial charge in [-0.3, -0.25) is 25.0 Å². The highest BCUT2D eigenvalue weighted by Crippen LogP contribution is 2.45. The Morgan fingerprint density at radius 1 is 0.973 bits per heavy atom. The quantitative estimate of drug-likeness (QED) is 0.280. The lowest BCUT2D eigenvalue weighted by Gasteiger charge is -2.29. The van der Waals surface area contributed by atoms with E-state index in [-0.39, 0.29) is 23.2 Å². The summed E-state index contributed by atoms with van der Waals surface area (Å²) in [6.07, 6.45) is 4.11. The van der Waals surface area contributed by atoms with Gasteiger partial charge in [0.2, 0.25) is 0 Å². The van der Waals surface area contributed by atoms with Gasteiger partial charge in [0.1, 0.15) is 0 Å². The van der Waals surface area contributed by atoms with E-state index in [0.29, 0.717) is 33.8 Å². The first-order chi connectivity index (χ1) is 17.8. The molecule has 0 spiro atoms. The van der Waals surface area contributed by atoms with Crippen molar-refractivity contribution in [3.8, 4) is 0 Å². The third-order valence-corrected chi connectivity index (χ3v) is 6.86. The number of carbonyl (C=O) groups is 1. The molecule has 1 aliphatic heterocycles. The Balaban J connectivity index is 1.60. The van der Waals surface area contributed by atoms with Crippen LogP contribution >= 0.6 is 11.6 Å². The minimum Gasteiger partial charge on any atom is -0.267 e. The molecule has 5 rings (SSSR count). The maximum Gasteiger partial charge on any atom is 0.274 e. The van der Waals surface area contributed by atoms with Crippen LogP contribution in [0.1, 0.15) is 46.8 Å². The zero-order chi connectivity index (χ0) is 26.1. The van der Waals surface area contributed by atoms with Gasteiger partial charge in [0.25, 0.3) is 17.3 Å². The maximum absolute atomic E-state index is 13.7. The van der Waals surface area contributed by atoms with Crippen molar-refractivity contribution >= 4 is 40.7 Å². The van der Waals surface area contributed by atoms with E-state index in [1.807, 2.05) is 6.08 Å². The first-order valence-electron chi connectivity index (χ1n) is 11.7. The number of hydrogen-bond acceptors (Lipinski definition) is 6. The molecule has 0 saturated heterocycles. The molecule has 2 atom stereocenters. The molecule has 1 heterocycles. The highest BCUT2D eigenvalue weighted by molar-refractivity contribution is 6.31. The van der Waals surface area contributed by atoms with Crippen LogP contribution in [0.25, 0.3) is 6.08 Å². The summed E-state index contributed by atoms with van der Waals surface area (Å²) >= 11 is 6.14. The second kappa shape index (κ2) is 9.94. The van der Waals surface area contributed by atoms with Gasteiger partial charge < -0.3 is 0 Å². The van der Waals surface area contributed by atoms with Crippen molar-refractivity contribution in [2.75, 3.05) is 0 Å². The summed E-state index contributed by atoms with van der Waals surface area (Å²) in [6, 6.07) is 18.6. The van der Waals surface area contributed by atoms with Crippen molar-refractivity contribution in [2.24, 2.45) is 11.0 Å². The molecule has 0 bridgehead atoms. The van der Waals surface area contributed by atoms with Gasteiger partial charge >= 0.3 is 0 Å². The van der Waals surface area contributed by atoms with E-state index in [0.717, 1.165) is 18.4 Å². The number of rotatable bonds is 5. The molecular weight excluding hydrogens is 496 g/mol. The molecule has 37 heavy (non-hydrogen) atoms. The van der Waals surface area contributed by atoms with Crippen LogP contribution < -0.4 is 0 Å². The van der Waals surface area contributed by atoms with Gasteiger partial charge in [0.05, 0.1) is 21.6 Å². The van der Waals surface area contributed by atoms with Crippen LogP contribution in [-0.2, 0) is 0 Å². The maximum atomic E-state index is 13.7. The molecule has 1 saturated carbocycles. The van der Waals surface area contributed by atoms with Crippen molar-refractivity contribution in [1.29, 1.82) is 0 Å². The molecule has 0 unspecified atom stereocenters. The van der Waals surface area contributed by atoms with Crippen LogP contribution in [0.3, 0.4) is 0 Å². The monoisotopic (exact) mass is 516 g/mol. The van der Waals surface area contributed by atoms with E-state index < -0.39 is 15.9 Å². The lowest BCUT2D eigenvalue weighted by molar-refractivity contribution is -0.385. The number of allylic oxidation sites excluding steroid dienone is 1. The zero-order valence-electron chi connectivity index (χ0n) is 19.5. The summed E-state index contributed by atoms with van der Waals surface area (Å²) in [6.45, 7) is 0. The Kier molecular flexibility index (Phi) is 6.54. The van der Waals surface area contributed by atoms with Gasteiger partial charge in [0, 0.05) is 40.8 Å². The standard InChI is InChI=1S/C27H21ClN4O5/c28-21-9-2-8-20(15-21)27(33)30-26(19-7-3-11-23(16-19)32(36)37)24-12-4-6-18(25(24)29-30)13-17-5-1-10-22(14-17)31(34)35/h1-3,5,7-11,13-16,24,26H,4,6,12H2/b18-13+/t24-,26-/m0/s1. The molecule has 1 fully saturated rings. The number of nitrogens with zero attached hydrogens (tertiary/aromatic N) is 4. The highest BCUT2D eigenvalue weighted by Gasteiger charge is 2.44. The molecule has 186 valence electrons. The average Bonchev–Trinajstić information content (AvgIpc) is 3.29. The first kappa shape index (κ1) is 24.3. The average molecular weight is 517 g/mol. The van der Waals surface area contributed by atoms with Crippen LogP contribution in [-0.4, -0.2) is 26.5 Å².